The molecule has 0 aliphatic carbocycles. The Morgan fingerprint density at radius 1 is 1.33 bits per heavy atom. The second-order valence-corrected chi connectivity index (χ2v) is 4.76. The molecule has 0 aliphatic heterocycles. The summed E-state index contributed by atoms with van der Waals surface area (Å²) in [7, 11) is 1.66. The van der Waals surface area contributed by atoms with Crippen molar-refractivity contribution in [3.05, 3.63) is 28.8 Å². The molecule has 3 nitrogen and oxygen atoms in total. The first kappa shape index (κ1) is 15.3. The van der Waals surface area contributed by atoms with E-state index in [0.717, 1.165) is 37.2 Å². The van der Waals surface area contributed by atoms with E-state index >= 15 is 0 Å². The maximum absolute atomic E-state index is 6.08. The molecule has 2 N–H and O–H groups in total. The van der Waals surface area contributed by atoms with E-state index in [1.807, 2.05) is 18.2 Å². The van der Waals surface area contributed by atoms with Gasteiger partial charge in [-0.1, -0.05) is 18.5 Å². The summed E-state index contributed by atoms with van der Waals surface area (Å²) in [5.41, 5.74) is 7.13. The number of methoxy groups -OCH3 is 1. The molecule has 1 aromatic carbocycles. The lowest BCUT2D eigenvalue weighted by Crippen LogP contribution is -2.25. The number of ether oxygens (including phenoxy) is 2. The van der Waals surface area contributed by atoms with Crippen molar-refractivity contribution in [3.63, 3.8) is 0 Å². The summed E-state index contributed by atoms with van der Waals surface area (Å²) in [5, 5.41) is 0.709. The summed E-state index contributed by atoms with van der Waals surface area (Å²) < 4.78 is 10.7. The van der Waals surface area contributed by atoms with Crippen LogP contribution in [0.2, 0.25) is 5.02 Å². The molecule has 18 heavy (non-hydrogen) atoms. The number of hydrogen-bond acceptors (Lipinski definition) is 3. The minimum atomic E-state index is 0.0641. The van der Waals surface area contributed by atoms with E-state index in [-0.39, 0.29) is 6.04 Å². The van der Waals surface area contributed by atoms with Crippen LogP contribution in [-0.4, -0.2) is 26.4 Å². The predicted octanol–water partition coefficient (Wildman–Crippen LogP) is 3.04. The molecule has 0 aromatic heterocycles. The lowest BCUT2D eigenvalue weighted by molar-refractivity contribution is 0.127. The minimum Gasteiger partial charge on any atom is -0.496 e. The monoisotopic (exact) mass is 271 g/mol. The van der Waals surface area contributed by atoms with Crippen LogP contribution >= 0.6 is 11.6 Å². The van der Waals surface area contributed by atoms with Crippen LogP contribution < -0.4 is 10.5 Å². The van der Waals surface area contributed by atoms with Gasteiger partial charge in [0, 0.05) is 24.3 Å². The van der Waals surface area contributed by atoms with Crippen molar-refractivity contribution in [1.29, 1.82) is 0 Å². The predicted molar refractivity (Wildman–Crippen MR) is 75.4 cm³/mol. The highest BCUT2D eigenvalue weighted by atomic mass is 35.5. The second kappa shape index (κ2) is 8.35. The van der Waals surface area contributed by atoms with Gasteiger partial charge in [-0.15, -0.1) is 0 Å². The van der Waals surface area contributed by atoms with Crippen LogP contribution in [0.3, 0.4) is 0 Å². The Bertz CT molecular complexity index is 358. The summed E-state index contributed by atoms with van der Waals surface area (Å²) in [6.45, 7) is 3.60. The van der Waals surface area contributed by atoms with Crippen LogP contribution in [0.5, 0.6) is 5.75 Å². The zero-order valence-corrected chi connectivity index (χ0v) is 11.9. The van der Waals surface area contributed by atoms with Crippen LogP contribution in [0, 0.1) is 0 Å². The van der Waals surface area contributed by atoms with Crippen molar-refractivity contribution in [3.8, 4) is 5.75 Å². The normalized spacial score (nSPS) is 12.4. The summed E-state index contributed by atoms with van der Waals surface area (Å²) >= 11 is 5.98. The summed E-state index contributed by atoms with van der Waals surface area (Å²) in [6.07, 6.45) is 2.63. The minimum absolute atomic E-state index is 0.0641. The Hall–Kier alpha value is -0.770. The van der Waals surface area contributed by atoms with Gasteiger partial charge in [-0.2, -0.15) is 0 Å². The van der Waals surface area contributed by atoms with E-state index in [9.17, 15) is 0 Å². The summed E-state index contributed by atoms with van der Waals surface area (Å²) in [6, 6.07) is 5.67. The topological polar surface area (TPSA) is 44.5 Å². The molecule has 0 saturated heterocycles. The third-order valence-electron chi connectivity index (χ3n) is 2.71. The maximum atomic E-state index is 6.08. The molecule has 4 heteroatoms. The van der Waals surface area contributed by atoms with E-state index in [4.69, 9.17) is 26.8 Å². The van der Waals surface area contributed by atoms with E-state index in [2.05, 4.69) is 6.92 Å². The Labute approximate surface area is 114 Å². The van der Waals surface area contributed by atoms with Crippen LogP contribution in [-0.2, 0) is 11.2 Å². The standard InChI is InChI=1S/C14H22ClNO2/c1-3-7-18-8-6-13(16)10-11-9-12(15)4-5-14(11)17-2/h4-5,9,13H,3,6-8,10,16H2,1-2H3. The molecule has 0 saturated carbocycles. The molecule has 1 atom stereocenters. The van der Waals surface area contributed by atoms with Crippen molar-refractivity contribution >= 4 is 11.6 Å². The molecule has 0 bridgehead atoms. The first-order chi connectivity index (χ1) is 8.67. The molecule has 1 aromatic rings. The van der Waals surface area contributed by atoms with Crippen molar-refractivity contribution in [2.45, 2.75) is 32.2 Å². The van der Waals surface area contributed by atoms with Crippen LogP contribution in [0.25, 0.3) is 0 Å². The fourth-order valence-corrected chi connectivity index (χ4v) is 1.97. The molecule has 0 fully saturated rings. The van der Waals surface area contributed by atoms with Gasteiger partial charge in [-0.25, -0.2) is 0 Å². The number of rotatable bonds is 8. The Morgan fingerprint density at radius 2 is 2.11 bits per heavy atom. The first-order valence-electron chi connectivity index (χ1n) is 6.33. The molecular formula is C14H22ClNO2. The quantitative estimate of drug-likeness (QED) is 0.739. The van der Waals surface area contributed by atoms with E-state index in [0.29, 0.717) is 11.6 Å². The molecular weight excluding hydrogens is 250 g/mol. The zero-order valence-electron chi connectivity index (χ0n) is 11.1. The highest BCUT2D eigenvalue weighted by Crippen LogP contribution is 2.23. The molecule has 0 radical (unpaired) electrons. The Balaban J connectivity index is 2.47. The molecule has 0 heterocycles. The van der Waals surface area contributed by atoms with Crippen LogP contribution in [0.15, 0.2) is 18.2 Å². The Morgan fingerprint density at radius 3 is 2.78 bits per heavy atom. The fourth-order valence-electron chi connectivity index (χ4n) is 1.77. The van der Waals surface area contributed by atoms with Gasteiger partial charge < -0.3 is 15.2 Å². The first-order valence-corrected chi connectivity index (χ1v) is 6.71. The van der Waals surface area contributed by atoms with E-state index < -0.39 is 0 Å². The van der Waals surface area contributed by atoms with Gasteiger partial charge in [-0.3, -0.25) is 0 Å². The number of hydrogen-bond donors (Lipinski definition) is 1. The largest absolute Gasteiger partial charge is 0.496 e. The smallest absolute Gasteiger partial charge is 0.122 e. The number of benzene rings is 1. The highest BCUT2D eigenvalue weighted by Gasteiger charge is 2.09. The van der Waals surface area contributed by atoms with Crippen LogP contribution in [0.1, 0.15) is 25.3 Å². The van der Waals surface area contributed by atoms with Gasteiger partial charge in [0.05, 0.1) is 7.11 Å². The molecule has 0 amide bonds. The SMILES string of the molecule is CCCOCCC(N)Cc1cc(Cl)ccc1OC. The van der Waals surface area contributed by atoms with Gasteiger partial charge in [0.25, 0.3) is 0 Å². The molecule has 102 valence electrons. The van der Waals surface area contributed by atoms with Crippen molar-refractivity contribution in [2.24, 2.45) is 5.73 Å². The lowest BCUT2D eigenvalue weighted by Gasteiger charge is -2.14. The molecule has 1 rings (SSSR count). The second-order valence-electron chi connectivity index (χ2n) is 4.32. The molecule has 0 aliphatic rings. The average molecular weight is 272 g/mol. The third-order valence-corrected chi connectivity index (χ3v) is 2.94. The van der Waals surface area contributed by atoms with Crippen molar-refractivity contribution < 1.29 is 9.47 Å². The van der Waals surface area contributed by atoms with Crippen LogP contribution in [0.4, 0.5) is 0 Å². The summed E-state index contributed by atoms with van der Waals surface area (Å²) in [5.74, 6) is 0.837. The highest BCUT2D eigenvalue weighted by molar-refractivity contribution is 6.30. The van der Waals surface area contributed by atoms with Gasteiger partial charge >= 0.3 is 0 Å². The zero-order chi connectivity index (χ0) is 13.4. The number of halogens is 1. The molecule has 1 unspecified atom stereocenters. The van der Waals surface area contributed by atoms with Crippen molar-refractivity contribution in [1.82, 2.24) is 0 Å². The van der Waals surface area contributed by atoms with Gasteiger partial charge in [0.2, 0.25) is 0 Å². The summed E-state index contributed by atoms with van der Waals surface area (Å²) in [4.78, 5) is 0. The average Bonchev–Trinajstić information content (AvgIpc) is 2.35. The van der Waals surface area contributed by atoms with Gasteiger partial charge in [0.15, 0.2) is 0 Å². The van der Waals surface area contributed by atoms with E-state index in [1.54, 1.807) is 7.11 Å². The third kappa shape index (κ3) is 5.25. The Kier molecular flexibility index (Phi) is 7.09. The maximum Gasteiger partial charge on any atom is 0.122 e. The van der Waals surface area contributed by atoms with Gasteiger partial charge in [-0.05, 0) is 43.0 Å². The van der Waals surface area contributed by atoms with Gasteiger partial charge in [0.1, 0.15) is 5.75 Å². The number of nitrogens with two attached hydrogens (primary N) is 1. The molecule has 0 spiro atoms. The van der Waals surface area contributed by atoms with E-state index in [1.165, 1.54) is 0 Å². The van der Waals surface area contributed by atoms with Crippen molar-refractivity contribution in [2.75, 3.05) is 20.3 Å². The fraction of sp³-hybridized carbons (Fsp3) is 0.571. The lowest BCUT2D eigenvalue weighted by atomic mass is 10.0.